The van der Waals surface area contributed by atoms with Gasteiger partial charge >= 0.3 is 0 Å². The van der Waals surface area contributed by atoms with Crippen LogP contribution in [0.5, 0.6) is 0 Å². The van der Waals surface area contributed by atoms with E-state index in [4.69, 9.17) is 4.74 Å². The van der Waals surface area contributed by atoms with Crippen LogP contribution in [0.25, 0.3) is 6.20 Å². The number of aliphatic hydroxyl groups excluding tert-OH is 1. The van der Waals surface area contributed by atoms with Crippen LogP contribution in [0.1, 0.15) is 25.5 Å². The Labute approximate surface area is 182 Å². The van der Waals surface area contributed by atoms with E-state index >= 15 is 0 Å². The zero-order chi connectivity index (χ0) is 21.1. The number of allylic oxidation sites excluding steroid dienone is 6. The van der Waals surface area contributed by atoms with E-state index in [1.165, 1.54) is 5.69 Å². The smallest absolute Gasteiger partial charge is 0.131 e. The summed E-state index contributed by atoms with van der Waals surface area (Å²) in [5.41, 5.74) is 1.58. The van der Waals surface area contributed by atoms with E-state index < -0.39 is 6.23 Å². The van der Waals surface area contributed by atoms with E-state index in [9.17, 15) is 5.11 Å². The van der Waals surface area contributed by atoms with E-state index in [2.05, 4.69) is 50.7 Å². The van der Waals surface area contributed by atoms with E-state index in [0.717, 1.165) is 17.3 Å². The second kappa shape index (κ2) is 11.7. The molecule has 0 saturated carbocycles. The van der Waals surface area contributed by atoms with Gasteiger partial charge in [-0.15, -0.1) is 0 Å². The third kappa shape index (κ3) is 6.35. The van der Waals surface area contributed by atoms with Gasteiger partial charge in [-0.1, -0.05) is 41.6 Å². The van der Waals surface area contributed by atoms with Crippen LogP contribution < -0.4 is 10.6 Å². The summed E-state index contributed by atoms with van der Waals surface area (Å²) in [5, 5.41) is 17.3. The lowest BCUT2D eigenvalue weighted by Gasteiger charge is -2.35. The lowest BCUT2D eigenvalue weighted by atomic mass is 9.87. The van der Waals surface area contributed by atoms with Gasteiger partial charge in [0.1, 0.15) is 6.23 Å². The van der Waals surface area contributed by atoms with Crippen LogP contribution in [0.15, 0.2) is 83.9 Å². The highest BCUT2D eigenvalue weighted by molar-refractivity contribution is 9.11. The number of halogens is 1. The summed E-state index contributed by atoms with van der Waals surface area (Å²) in [5.74, 6) is 0. The highest BCUT2D eigenvalue weighted by Crippen LogP contribution is 2.30. The van der Waals surface area contributed by atoms with Gasteiger partial charge in [-0.2, -0.15) is 0 Å². The molecule has 0 spiro atoms. The number of nitrogens with one attached hydrogen (secondary N) is 2. The zero-order valence-corrected chi connectivity index (χ0v) is 18.6. The summed E-state index contributed by atoms with van der Waals surface area (Å²) < 4.78 is 8.01. The van der Waals surface area contributed by atoms with E-state index in [-0.39, 0.29) is 5.54 Å². The van der Waals surface area contributed by atoms with Crippen LogP contribution in [0.4, 0.5) is 0 Å². The molecule has 2 atom stereocenters. The number of hydrogen-bond donors (Lipinski definition) is 3. The highest BCUT2D eigenvalue weighted by Gasteiger charge is 2.31. The first-order chi connectivity index (χ1) is 14.1. The van der Waals surface area contributed by atoms with Gasteiger partial charge in [-0.05, 0) is 61.1 Å². The topological polar surface area (TPSA) is 58.5 Å². The number of hydrogen-bond acceptors (Lipinski definition) is 4. The van der Waals surface area contributed by atoms with Crippen molar-refractivity contribution in [3.63, 3.8) is 0 Å². The molecule has 0 radical (unpaired) electrons. The number of methoxy groups -OCH3 is 1. The van der Waals surface area contributed by atoms with Crippen molar-refractivity contribution in [2.45, 2.75) is 31.5 Å². The molecular weight excluding hydrogens is 430 g/mol. The van der Waals surface area contributed by atoms with Crippen LogP contribution in [0.2, 0.25) is 0 Å². The molecule has 1 aromatic heterocycles. The van der Waals surface area contributed by atoms with Crippen molar-refractivity contribution in [2.24, 2.45) is 0 Å². The number of aromatic nitrogens is 1. The average Bonchev–Trinajstić information content (AvgIpc) is 3.20. The van der Waals surface area contributed by atoms with Crippen LogP contribution in [0, 0.1) is 0 Å². The number of rotatable bonds is 9. The lowest BCUT2D eigenvalue weighted by molar-refractivity contribution is 0.168. The van der Waals surface area contributed by atoms with Crippen molar-refractivity contribution in [1.82, 2.24) is 15.2 Å². The summed E-state index contributed by atoms with van der Waals surface area (Å²) in [6, 6.07) is 4.18. The van der Waals surface area contributed by atoms with Crippen molar-refractivity contribution in [2.75, 3.05) is 13.7 Å². The minimum Gasteiger partial charge on any atom is -0.504 e. The molecule has 1 aliphatic heterocycles. The van der Waals surface area contributed by atoms with Crippen molar-refractivity contribution in [3.8, 4) is 0 Å². The molecule has 6 heteroatoms. The van der Waals surface area contributed by atoms with Gasteiger partial charge in [0, 0.05) is 29.1 Å². The fourth-order valence-electron chi connectivity index (χ4n) is 3.26. The molecule has 0 amide bonds. The number of aliphatic hydroxyl groups is 1. The van der Waals surface area contributed by atoms with Crippen molar-refractivity contribution in [1.29, 1.82) is 0 Å². The Morgan fingerprint density at radius 1 is 1.52 bits per heavy atom. The molecular formula is C23H30BrN3O2. The Hall–Kier alpha value is -2.28. The molecule has 0 aliphatic carbocycles. The van der Waals surface area contributed by atoms with Crippen molar-refractivity contribution in [3.05, 3.63) is 89.6 Å². The molecule has 1 aromatic rings. The molecule has 2 heterocycles. The molecule has 0 bridgehead atoms. The normalized spacial score (nSPS) is 24.7. The Balaban J connectivity index is 2.17. The average molecular weight is 460 g/mol. The summed E-state index contributed by atoms with van der Waals surface area (Å²) in [6.07, 6.45) is 19.6. The summed E-state index contributed by atoms with van der Waals surface area (Å²) >= 11 is 3.54. The Morgan fingerprint density at radius 3 is 3.07 bits per heavy atom. The van der Waals surface area contributed by atoms with Gasteiger partial charge in [0.2, 0.25) is 0 Å². The molecule has 0 saturated heterocycles. The van der Waals surface area contributed by atoms with Crippen LogP contribution in [-0.2, 0) is 10.3 Å². The third-order valence-electron chi connectivity index (χ3n) is 4.92. The van der Waals surface area contributed by atoms with E-state index in [0.29, 0.717) is 12.1 Å². The van der Waals surface area contributed by atoms with Crippen molar-refractivity contribution >= 4 is 22.1 Å². The molecule has 2 rings (SSSR count). The predicted molar refractivity (Wildman–Crippen MR) is 124 cm³/mol. The first-order valence-electron chi connectivity index (χ1n) is 9.65. The Kier molecular flexibility index (Phi) is 9.25. The number of ether oxygens (including phenoxy) is 1. The van der Waals surface area contributed by atoms with Crippen LogP contribution in [0.3, 0.4) is 0 Å². The maximum absolute atomic E-state index is 10.5. The molecule has 156 valence electrons. The van der Waals surface area contributed by atoms with Gasteiger partial charge in [0.25, 0.3) is 0 Å². The van der Waals surface area contributed by atoms with Crippen LogP contribution in [-0.4, -0.2) is 29.6 Å². The quantitative estimate of drug-likeness (QED) is 0.288. The fourth-order valence-corrected chi connectivity index (χ4v) is 3.53. The molecule has 5 nitrogen and oxygen atoms in total. The molecule has 0 fully saturated rings. The van der Waals surface area contributed by atoms with Crippen molar-refractivity contribution < 1.29 is 9.84 Å². The molecule has 3 N–H and O–H groups in total. The molecule has 29 heavy (non-hydrogen) atoms. The largest absolute Gasteiger partial charge is 0.504 e. The van der Waals surface area contributed by atoms with Gasteiger partial charge in [0.05, 0.1) is 18.9 Å². The second-order valence-electron chi connectivity index (χ2n) is 6.65. The lowest BCUT2D eigenvalue weighted by Crippen LogP contribution is -2.44. The summed E-state index contributed by atoms with van der Waals surface area (Å²) in [7, 11) is 1.58. The van der Waals surface area contributed by atoms with E-state index in [1.54, 1.807) is 31.6 Å². The standard InChI is InChI=1S/C23H30BrN3O2/c1-4-19(9-8-18-29-3)22(28)25-15-13-23(5-2)21-11-7-16-27(21)17-12-20(24)10-6-14-26-23/h4,6-12,14,16-18,22,25-26,28H,1,5,13,15H2,2-3H3/b14-6+,17-12+,18-8+,19-9+,20-10+. The van der Waals surface area contributed by atoms with Gasteiger partial charge < -0.3 is 19.7 Å². The monoisotopic (exact) mass is 459 g/mol. The summed E-state index contributed by atoms with van der Waals surface area (Å²) in [4.78, 5) is 0. The zero-order valence-electron chi connectivity index (χ0n) is 17.0. The second-order valence-corrected chi connectivity index (χ2v) is 7.56. The van der Waals surface area contributed by atoms with Gasteiger partial charge in [-0.25, -0.2) is 0 Å². The molecule has 0 aromatic carbocycles. The Bertz CT molecular complexity index is 820. The predicted octanol–water partition coefficient (Wildman–Crippen LogP) is 4.53. The first-order valence-corrected chi connectivity index (χ1v) is 10.4. The number of fused-ring (bicyclic) bond motifs is 1. The maximum Gasteiger partial charge on any atom is 0.131 e. The minimum absolute atomic E-state index is 0.275. The highest BCUT2D eigenvalue weighted by atomic mass is 79.9. The SMILES string of the molecule is C=C/C(=C\C=C\OC)C(O)NCCC1(CC)N/C=C/C=C(Br)\C=C\n2cccc21. The first kappa shape index (κ1) is 23.0. The van der Waals surface area contributed by atoms with Gasteiger partial charge in [-0.3, -0.25) is 5.32 Å². The van der Waals surface area contributed by atoms with E-state index in [1.807, 2.05) is 42.9 Å². The molecule has 1 aliphatic rings. The third-order valence-corrected chi connectivity index (χ3v) is 5.45. The maximum atomic E-state index is 10.5. The Morgan fingerprint density at radius 2 is 2.34 bits per heavy atom. The molecule has 2 unspecified atom stereocenters. The summed E-state index contributed by atoms with van der Waals surface area (Å²) in [6.45, 7) is 6.56. The van der Waals surface area contributed by atoms with Gasteiger partial charge in [0.15, 0.2) is 0 Å². The number of nitrogens with zero attached hydrogens (tertiary/aromatic N) is 1. The van der Waals surface area contributed by atoms with Crippen LogP contribution >= 0.6 is 15.9 Å². The fraction of sp³-hybridized carbons (Fsp3) is 0.304. The minimum atomic E-state index is -0.802.